The van der Waals surface area contributed by atoms with Gasteiger partial charge in [-0.2, -0.15) is 5.10 Å². The summed E-state index contributed by atoms with van der Waals surface area (Å²) in [7, 11) is 1.60. The molecule has 0 aliphatic carbocycles. The van der Waals surface area contributed by atoms with Gasteiger partial charge in [-0.3, -0.25) is 4.79 Å². The fourth-order valence-electron chi connectivity index (χ4n) is 1.79. The number of hydrogen-bond donors (Lipinski definition) is 3. The van der Waals surface area contributed by atoms with Crippen molar-refractivity contribution in [3.05, 3.63) is 5.69 Å². The van der Waals surface area contributed by atoms with Crippen LogP contribution in [0.3, 0.4) is 0 Å². The number of hydrogen-bond acceptors (Lipinski definition) is 5. The Labute approximate surface area is 119 Å². The van der Waals surface area contributed by atoms with Crippen LogP contribution >= 0.6 is 0 Å². The van der Waals surface area contributed by atoms with Gasteiger partial charge in [0.25, 0.3) is 0 Å². The van der Waals surface area contributed by atoms with Gasteiger partial charge in [-0.1, -0.05) is 0 Å². The average molecular weight is 283 g/mol. The number of carbonyl (C=O) groups is 1. The largest absolute Gasteiger partial charge is 0.394 e. The minimum absolute atomic E-state index is 0.0135. The maximum absolute atomic E-state index is 11.6. The number of nitrogens with two attached hydrogens (primary N) is 1. The normalized spacial score (nSPS) is 10.8. The molecule has 0 aromatic carbocycles. The number of aromatic nitrogens is 2. The van der Waals surface area contributed by atoms with Crippen molar-refractivity contribution in [3.8, 4) is 0 Å². The number of anilines is 2. The number of amides is 1. The second-order valence-corrected chi connectivity index (χ2v) is 4.91. The van der Waals surface area contributed by atoms with Gasteiger partial charge in [0.2, 0.25) is 5.91 Å². The van der Waals surface area contributed by atoms with Crippen LogP contribution in [0.2, 0.25) is 0 Å². The summed E-state index contributed by atoms with van der Waals surface area (Å²) in [4.78, 5) is 11.6. The Morgan fingerprint density at radius 3 is 2.75 bits per heavy atom. The summed E-state index contributed by atoms with van der Waals surface area (Å²) in [5.74, 6) is 0.766. The third kappa shape index (κ3) is 4.41. The average Bonchev–Trinajstić information content (AvgIpc) is 2.67. The lowest BCUT2D eigenvalue weighted by Crippen LogP contribution is -2.28. The first-order valence-corrected chi connectivity index (χ1v) is 6.81. The van der Waals surface area contributed by atoms with Crippen LogP contribution in [0.15, 0.2) is 0 Å². The summed E-state index contributed by atoms with van der Waals surface area (Å²) in [6, 6.07) is 0.212. The van der Waals surface area contributed by atoms with Crippen LogP contribution in [0.25, 0.3) is 0 Å². The Bertz CT molecular complexity index is 442. The third-order valence-corrected chi connectivity index (χ3v) is 2.89. The quantitative estimate of drug-likeness (QED) is 0.617. The highest BCUT2D eigenvalue weighted by atomic mass is 16.5. The van der Waals surface area contributed by atoms with Gasteiger partial charge in [-0.25, -0.2) is 4.68 Å². The number of methoxy groups -OCH3 is 1. The van der Waals surface area contributed by atoms with Gasteiger partial charge in [0.05, 0.1) is 18.0 Å². The van der Waals surface area contributed by atoms with E-state index in [-0.39, 0.29) is 11.9 Å². The first kappa shape index (κ1) is 16.3. The molecular weight excluding hydrogens is 258 g/mol. The van der Waals surface area contributed by atoms with Crippen molar-refractivity contribution >= 4 is 17.4 Å². The van der Waals surface area contributed by atoms with Crippen molar-refractivity contribution in [2.24, 2.45) is 0 Å². The summed E-state index contributed by atoms with van der Waals surface area (Å²) >= 11 is 0. The van der Waals surface area contributed by atoms with Gasteiger partial charge in [0, 0.05) is 32.7 Å². The van der Waals surface area contributed by atoms with Gasteiger partial charge >= 0.3 is 0 Å². The van der Waals surface area contributed by atoms with Gasteiger partial charge < -0.3 is 21.1 Å². The van der Waals surface area contributed by atoms with Crippen molar-refractivity contribution in [2.75, 3.05) is 37.9 Å². The maximum atomic E-state index is 11.6. The molecule has 1 heterocycles. The van der Waals surface area contributed by atoms with Crippen LogP contribution in [-0.2, 0) is 9.53 Å². The van der Waals surface area contributed by atoms with Crippen LogP contribution in [0.4, 0.5) is 11.5 Å². The van der Waals surface area contributed by atoms with Crippen molar-refractivity contribution in [2.45, 2.75) is 33.2 Å². The van der Waals surface area contributed by atoms with Gasteiger partial charge in [0.15, 0.2) is 0 Å². The highest BCUT2D eigenvalue weighted by Crippen LogP contribution is 2.25. The minimum atomic E-state index is -0.0135. The molecule has 0 saturated carbocycles. The van der Waals surface area contributed by atoms with E-state index >= 15 is 0 Å². The fourth-order valence-corrected chi connectivity index (χ4v) is 1.79. The van der Waals surface area contributed by atoms with E-state index in [2.05, 4.69) is 15.7 Å². The molecule has 7 nitrogen and oxygen atoms in total. The molecule has 7 heteroatoms. The molecule has 0 spiro atoms. The summed E-state index contributed by atoms with van der Waals surface area (Å²) in [6.07, 6.45) is 0.380. The molecule has 0 fully saturated rings. The molecular formula is C13H25N5O2. The second-order valence-electron chi connectivity index (χ2n) is 4.91. The highest BCUT2D eigenvalue weighted by molar-refractivity contribution is 5.76. The molecule has 1 aromatic rings. The monoisotopic (exact) mass is 283 g/mol. The Balaban J connectivity index is 2.48. The number of rotatable bonds is 8. The molecule has 1 aromatic heterocycles. The Hall–Kier alpha value is -1.76. The SMILES string of the molecule is COCCNC(=O)CCNc1c(N)c(C)nn1C(C)C. The molecule has 0 radical (unpaired) electrons. The van der Waals surface area contributed by atoms with E-state index in [4.69, 9.17) is 10.5 Å². The van der Waals surface area contributed by atoms with Gasteiger partial charge in [-0.15, -0.1) is 0 Å². The van der Waals surface area contributed by atoms with Gasteiger partial charge in [0.1, 0.15) is 5.82 Å². The van der Waals surface area contributed by atoms with Crippen LogP contribution in [0.1, 0.15) is 32.0 Å². The number of ether oxygens (including phenoxy) is 1. The Kier molecular flexibility index (Phi) is 6.30. The molecule has 1 amide bonds. The predicted molar refractivity (Wildman–Crippen MR) is 79.8 cm³/mol. The smallest absolute Gasteiger partial charge is 0.221 e. The minimum Gasteiger partial charge on any atom is -0.394 e. The lowest BCUT2D eigenvalue weighted by molar-refractivity contribution is -0.121. The Morgan fingerprint density at radius 1 is 1.45 bits per heavy atom. The van der Waals surface area contributed by atoms with Crippen molar-refractivity contribution < 1.29 is 9.53 Å². The fraction of sp³-hybridized carbons (Fsp3) is 0.692. The zero-order valence-electron chi connectivity index (χ0n) is 12.7. The van der Waals surface area contributed by atoms with Crippen LogP contribution in [0.5, 0.6) is 0 Å². The predicted octanol–water partition coefficient (Wildman–Crippen LogP) is 0.919. The van der Waals surface area contributed by atoms with Gasteiger partial charge in [-0.05, 0) is 20.8 Å². The van der Waals surface area contributed by atoms with E-state index in [1.54, 1.807) is 7.11 Å². The summed E-state index contributed by atoms with van der Waals surface area (Å²) in [5.41, 5.74) is 7.43. The third-order valence-electron chi connectivity index (χ3n) is 2.89. The highest BCUT2D eigenvalue weighted by Gasteiger charge is 2.14. The molecule has 114 valence electrons. The molecule has 0 aliphatic heterocycles. The zero-order valence-corrected chi connectivity index (χ0v) is 12.7. The van der Waals surface area contributed by atoms with E-state index in [0.29, 0.717) is 31.8 Å². The number of aryl methyl sites for hydroxylation is 1. The summed E-state index contributed by atoms with van der Waals surface area (Å²) in [6.45, 7) is 7.51. The first-order valence-electron chi connectivity index (χ1n) is 6.81. The molecule has 1 rings (SSSR count). The number of nitrogens with zero attached hydrogens (tertiary/aromatic N) is 2. The van der Waals surface area contributed by atoms with Crippen molar-refractivity contribution in [1.29, 1.82) is 0 Å². The van der Waals surface area contributed by atoms with Crippen molar-refractivity contribution in [3.63, 3.8) is 0 Å². The molecule has 0 unspecified atom stereocenters. The summed E-state index contributed by atoms with van der Waals surface area (Å²) < 4.78 is 6.71. The Morgan fingerprint density at radius 2 is 2.15 bits per heavy atom. The molecule has 0 bridgehead atoms. The van der Waals surface area contributed by atoms with Crippen molar-refractivity contribution in [1.82, 2.24) is 15.1 Å². The van der Waals surface area contributed by atoms with E-state index in [1.807, 2.05) is 25.5 Å². The number of carbonyl (C=O) groups excluding carboxylic acids is 1. The van der Waals surface area contributed by atoms with E-state index < -0.39 is 0 Å². The lowest BCUT2D eigenvalue weighted by Gasteiger charge is -2.13. The molecule has 20 heavy (non-hydrogen) atoms. The first-order chi connectivity index (χ1) is 9.47. The standard InChI is InChI=1S/C13H25N5O2/c1-9(2)18-13(12(14)10(3)17-18)16-6-5-11(19)15-7-8-20-4/h9,16H,5-8,14H2,1-4H3,(H,15,19). The zero-order chi connectivity index (χ0) is 15.1. The second kappa shape index (κ2) is 7.74. The van der Waals surface area contributed by atoms with Crippen LogP contribution in [0, 0.1) is 6.92 Å². The molecule has 0 saturated heterocycles. The van der Waals surface area contributed by atoms with E-state index in [9.17, 15) is 4.79 Å². The summed E-state index contributed by atoms with van der Waals surface area (Å²) in [5, 5.41) is 10.3. The lowest BCUT2D eigenvalue weighted by atomic mass is 10.3. The number of nitrogens with one attached hydrogen (secondary N) is 2. The molecule has 0 atom stereocenters. The number of nitrogen functional groups attached to an aromatic ring is 1. The maximum Gasteiger partial charge on any atom is 0.221 e. The topological polar surface area (TPSA) is 94.2 Å². The van der Waals surface area contributed by atoms with Crippen LogP contribution in [-0.4, -0.2) is 42.5 Å². The van der Waals surface area contributed by atoms with Crippen LogP contribution < -0.4 is 16.4 Å². The molecule has 0 aliphatic rings. The van der Waals surface area contributed by atoms with E-state index in [1.165, 1.54) is 0 Å². The molecule has 4 N–H and O–H groups in total. The van der Waals surface area contributed by atoms with E-state index in [0.717, 1.165) is 11.5 Å².